The smallest absolute Gasteiger partial charge is 0.277 e. The highest BCUT2D eigenvalue weighted by Gasteiger charge is 2.33. The molecule has 1 atom stereocenters. The van der Waals surface area contributed by atoms with Gasteiger partial charge in [0, 0.05) is 103 Å². The Bertz CT molecular complexity index is 4730. The number of aromatic nitrogens is 12. The third kappa shape index (κ3) is 17.2. The minimum atomic E-state index is -3.71. The van der Waals surface area contributed by atoms with E-state index in [0.717, 1.165) is 50.0 Å². The van der Waals surface area contributed by atoms with Gasteiger partial charge in [-0.05, 0) is 120 Å². The molecule has 3 saturated heterocycles. The molecule has 0 radical (unpaired) electrons. The van der Waals surface area contributed by atoms with Gasteiger partial charge >= 0.3 is 0 Å². The summed E-state index contributed by atoms with van der Waals surface area (Å²) in [4.78, 5) is 77.5. The number of ether oxygens (including phenoxy) is 2. The van der Waals surface area contributed by atoms with Gasteiger partial charge in [-0.15, -0.1) is 5.10 Å². The van der Waals surface area contributed by atoms with E-state index in [4.69, 9.17) is 26.1 Å². The van der Waals surface area contributed by atoms with Gasteiger partial charge in [0.25, 0.3) is 17.0 Å². The molecule has 0 aliphatic carbocycles. The molecule has 3 aliphatic heterocycles. The van der Waals surface area contributed by atoms with E-state index in [0.29, 0.717) is 164 Å². The van der Waals surface area contributed by atoms with Crippen LogP contribution in [-0.2, 0) is 59.6 Å². The monoisotopic (exact) mass is 1450 g/mol. The number of halogens is 1. The molecule has 1 amide bonds. The number of carbonyl (C=O) groups excluding carboxylic acids is 1. The Labute approximate surface area is 591 Å². The molecule has 30 nitrogen and oxygen atoms in total. The van der Waals surface area contributed by atoms with Gasteiger partial charge in [0.1, 0.15) is 45.9 Å². The number of hydrogen-bond donors (Lipinski definition) is 6. The number of amides is 1. The van der Waals surface area contributed by atoms with Crippen molar-refractivity contribution in [3.63, 3.8) is 0 Å². The molecule has 3 aliphatic rings. The highest BCUT2D eigenvalue weighted by molar-refractivity contribution is 7.89. The van der Waals surface area contributed by atoms with Gasteiger partial charge in [-0.25, -0.2) is 46.3 Å². The van der Waals surface area contributed by atoms with Crippen LogP contribution in [0.4, 0.5) is 11.8 Å². The number of piperazine rings is 2. The molecule has 0 spiro atoms. The molecule has 3 fully saturated rings. The number of rotatable bonds is 24. The van der Waals surface area contributed by atoms with Gasteiger partial charge < -0.3 is 55.0 Å². The van der Waals surface area contributed by atoms with Crippen molar-refractivity contribution in [2.75, 3.05) is 103 Å². The number of sulfonamides is 2. The average Bonchev–Trinajstić information content (AvgIpc) is 1.68. The number of fused-ring (bicyclic) bond motifs is 2. The number of imidazole rings is 1. The minimum absolute atomic E-state index is 0.0150. The molecule has 0 saturated carbocycles. The van der Waals surface area contributed by atoms with Gasteiger partial charge in [0.05, 0.1) is 71.3 Å². The number of aromatic amines is 2. The molecule has 9 heterocycles. The molecule has 12 rings (SSSR count). The van der Waals surface area contributed by atoms with Crippen molar-refractivity contribution in [2.24, 2.45) is 7.05 Å². The van der Waals surface area contributed by atoms with Crippen LogP contribution in [0.1, 0.15) is 105 Å². The van der Waals surface area contributed by atoms with Crippen molar-refractivity contribution in [3.05, 3.63) is 145 Å². The number of anilines is 2. The second kappa shape index (κ2) is 33.7. The van der Waals surface area contributed by atoms with Crippen LogP contribution in [0.25, 0.3) is 39.3 Å². The molecule has 540 valence electrons. The van der Waals surface area contributed by atoms with Crippen molar-refractivity contribution in [1.82, 2.24) is 83.0 Å². The maximum absolute atomic E-state index is 13.4. The van der Waals surface area contributed by atoms with E-state index >= 15 is 0 Å². The fourth-order valence-electron chi connectivity index (χ4n) is 12.2. The van der Waals surface area contributed by atoms with Gasteiger partial charge in [0.15, 0.2) is 16.9 Å². The van der Waals surface area contributed by atoms with E-state index in [2.05, 4.69) is 72.4 Å². The van der Waals surface area contributed by atoms with Crippen LogP contribution >= 0.6 is 11.6 Å². The molecule has 0 bridgehead atoms. The lowest BCUT2D eigenvalue weighted by Crippen LogP contribution is -2.48. The van der Waals surface area contributed by atoms with E-state index in [1.807, 2.05) is 45.7 Å². The summed E-state index contributed by atoms with van der Waals surface area (Å²) >= 11 is 6.22. The van der Waals surface area contributed by atoms with Crippen molar-refractivity contribution in [3.8, 4) is 34.3 Å². The predicted octanol–water partition coefficient (Wildman–Crippen LogP) is 5.60. The van der Waals surface area contributed by atoms with Gasteiger partial charge in [-0.1, -0.05) is 50.9 Å². The zero-order chi connectivity index (χ0) is 72.1. The zero-order valence-electron chi connectivity index (χ0n) is 58.1. The summed E-state index contributed by atoms with van der Waals surface area (Å²) in [6.45, 7) is 18.9. The molecule has 0 unspecified atom stereocenters. The number of aliphatic hydroxyl groups excluding tert-OH is 2. The largest absolute Gasteiger partial charge is 0.493 e. The molecule has 9 aromatic rings. The summed E-state index contributed by atoms with van der Waals surface area (Å²) in [5.41, 5.74) is 4.61. The third-order valence-corrected chi connectivity index (χ3v) is 21.8. The topological polar surface area (TPSA) is 363 Å². The van der Waals surface area contributed by atoms with Gasteiger partial charge in [0.2, 0.25) is 26.0 Å². The Hall–Kier alpha value is -8.86. The molecule has 3 aromatic carbocycles. The van der Waals surface area contributed by atoms with Crippen LogP contribution in [0.5, 0.6) is 11.5 Å². The molecule has 33 heteroatoms. The number of hydrogen-bond acceptors (Lipinski definition) is 23. The maximum atomic E-state index is 13.4. The number of benzene rings is 3. The van der Waals surface area contributed by atoms with Crippen LogP contribution in [0, 0.1) is 6.92 Å². The SMILES string of the molecule is CCCc1nc(C)c2c(=O)[nH]c(-c3cc(S(=O)(=O)N4CCN(CC)CC4)ccc3OCC)nn12.CCCc1nn(C)c2c(=O)[nH]c(-c3cc(S(=O)(=O)N4CCN(C)CC4)ccc3OCC)nc12.O=C(NCc1ncccn1)c1cnc(N2CCC[C@H]2CO)nc1NCc1ccc(CO)c(Cl)c1. The summed E-state index contributed by atoms with van der Waals surface area (Å²) in [5, 5.41) is 34.6. The first kappa shape index (κ1) is 74.8. The Morgan fingerprint density at radius 3 is 1.94 bits per heavy atom. The first-order valence-electron chi connectivity index (χ1n) is 33.9. The van der Waals surface area contributed by atoms with Crippen molar-refractivity contribution >= 4 is 65.9 Å². The number of H-pyrrole nitrogens is 2. The Morgan fingerprint density at radius 2 is 1.34 bits per heavy atom. The summed E-state index contributed by atoms with van der Waals surface area (Å²) < 4.78 is 71.1. The predicted molar refractivity (Wildman–Crippen MR) is 383 cm³/mol. The number of nitrogens with zero attached hydrogens (tertiary/aromatic N) is 15. The summed E-state index contributed by atoms with van der Waals surface area (Å²) in [5.74, 6) is 3.04. The van der Waals surface area contributed by atoms with Crippen LogP contribution in [-0.4, -0.2) is 209 Å². The fraction of sp³-hybridized carbons (Fsp3) is 0.456. The molecular weight excluding hydrogens is 1360 g/mol. The third-order valence-electron chi connectivity index (χ3n) is 17.6. The molecular formula is C68H88ClN19O11S2. The zero-order valence-corrected chi connectivity index (χ0v) is 60.5. The number of aryl methyl sites for hydroxylation is 4. The van der Waals surface area contributed by atoms with Crippen LogP contribution < -0.4 is 36.1 Å². The molecule has 6 N–H and O–H groups in total. The normalized spacial score (nSPS) is 15.7. The van der Waals surface area contributed by atoms with Crippen LogP contribution in [0.15, 0.2) is 98.6 Å². The van der Waals surface area contributed by atoms with Crippen molar-refractivity contribution in [1.29, 1.82) is 0 Å². The Kier molecular flexibility index (Phi) is 25.0. The number of nitrogens with one attached hydrogen (secondary N) is 4. The molecule has 101 heavy (non-hydrogen) atoms. The van der Waals surface area contributed by atoms with E-state index in [9.17, 15) is 41.4 Å². The van der Waals surface area contributed by atoms with E-state index < -0.39 is 20.0 Å². The number of aliphatic hydroxyl groups is 2. The van der Waals surface area contributed by atoms with Crippen molar-refractivity contribution < 1.29 is 41.3 Å². The van der Waals surface area contributed by atoms with E-state index in [-0.39, 0.29) is 69.8 Å². The first-order valence-corrected chi connectivity index (χ1v) is 37.2. The highest BCUT2D eigenvalue weighted by Crippen LogP contribution is 2.35. The fourth-order valence-corrected chi connectivity index (χ4v) is 15.4. The summed E-state index contributed by atoms with van der Waals surface area (Å²) in [6, 6.07) is 16.5. The Morgan fingerprint density at radius 1 is 0.713 bits per heavy atom. The highest BCUT2D eigenvalue weighted by atomic mass is 35.5. The van der Waals surface area contributed by atoms with Crippen LogP contribution in [0.2, 0.25) is 5.02 Å². The minimum Gasteiger partial charge on any atom is -0.493 e. The van der Waals surface area contributed by atoms with E-state index in [1.165, 1.54) is 19.5 Å². The number of carbonyl (C=O) groups is 1. The maximum Gasteiger partial charge on any atom is 0.277 e. The summed E-state index contributed by atoms with van der Waals surface area (Å²) in [6.07, 6.45) is 9.57. The second-order valence-electron chi connectivity index (χ2n) is 24.5. The second-order valence-corrected chi connectivity index (χ2v) is 28.8. The first-order chi connectivity index (χ1) is 48.6. The summed E-state index contributed by atoms with van der Waals surface area (Å²) in [7, 11) is -3.72. The molecule has 6 aromatic heterocycles. The van der Waals surface area contributed by atoms with Crippen LogP contribution in [0.3, 0.4) is 0 Å². The lowest BCUT2D eigenvalue weighted by molar-refractivity contribution is 0.0949. The van der Waals surface area contributed by atoms with Crippen molar-refractivity contribution in [2.45, 2.75) is 116 Å². The Balaban J connectivity index is 0.000000163. The van der Waals surface area contributed by atoms with Gasteiger partial charge in [-0.2, -0.15) is 18.7 Å². The quantitative estimate of drug-likeness (QED) is 0.0429. The lowest BCUT2D eigenvalue weighted by Gasteiger charge is -2.33. The lowest BCUT2D eigenvalue weighted by atomic mass is 10.1. The van der Waals surface area contributed by atoms with E-state index in [1.54, 1.807) is 85.5 Å². The van der Waals surface area contributed by atoms with Gasteiger partial charge in [-0.3, -0.25) is 19.1 Å². The average molecular weight is 1450 g/mol. The standard InChI is InChI=1S/C23H26ClN7O3.C23H32N6O4S.C22H30N6O4S/c24-19-9-15(4-5-16(19)13-32)10-27-21-18(22(34)28-12-20-25-6-2-7-26-20)11-29-23(30-21)31-8-1-3-17(31)14-33;1-5-8-20-24-16(4)21-23(30)25-22(26-29(20)21)18-15-17(9-10-19(18)33-7-3)34(31,32)28-13-11-27(6-2)12-14-28;1-5-7-17-19-20(27(4)25-17)22(29)24-21(23-19)16-14-15(8-9-18(16)32-6-2)33(30,31)28-12-10-26(3)11-13-28/h2,4-7,9,11,17,32-33H,1,3,8,10,12-14H2,(H,28,34)(H,27,29,30);9-10,15H,5-8,11-14H2,1-4H3,(H,25,26,30);8-9,14H,5-7,10-13H2,1-4H3,(H,23,24,29)/t17-;;/m0../s1. The number of likely N-dealkylation sites (N-methyl/N-ethyl adjacent to an activating group) is 2.